The molecular formula is C20H23BrF8N4O2. The van der Waals surface area contributed by atoms with Gasteiger partial charge in [-0.25, -0.2) is 23.5 Å². The Morgan fingerprint density at radius 3 is 2.06 bits per heavy atom. The molecule has 0 radical (unpaired) electrons. The van der Waals surface area contributed by atoms with Crippen molar-refractivity contribution in [2.24, 2.45) is 0 Å². The molecule has 0 aliphatic heterocycles. The average molecular weight is 583 g/mol. The van der Waals surface area contributed by atoms with E-state index in [4.69, 9.17) is 9.90 Å². The van der Waals surface area contributed by atoms with Crippen molar-refractivity contribution < 1.29 is 45.0 Å². The Balaban J connectivity index is 0.000000762. The molecule has 0 fully saturated rings. The Hall–Kier alpha value is -2.29. The molecule has 0 spiro atoms. The molecule has 35 heavy (non-hydrogen) atoms. The van der Waals surface area contributed by atoms with Gasteiger partial charge in [-0.15, -0.1) is 0 Å². The smallest absolute Gasteiger partial charge is 0.475 e. The number of carbonyl (C=O) groups is 1. The molecule has 1 heterocycles. The highest BCUT2D eigenvalue weighted by Crippen LogP contribution is 2.31. The number of alkyl halides is 8. The van der Waals surface area contributed by atoms with E-state index in [9.17, 15) is 35.1 Å². The zero-order chi connectivity index (χ0) is 27.0. The summed E-state index contributed by atoms with van der Waals surface area (Å²) in [5.74, 6) is -3.35. The van der Waals surface area contributed by atoms with Gasteiger partial charge in [-0.1, -0.05) is 29.8 Å². The van der Waals surface area contributed by atoms with Gasteiger partial charge in [0.2, 0.25) is 0 Å². The normalized spacial score (nSPS) is 12.1. The van der Waals surface area contributed by atoms with Crippen LogP contribution in [0.3, 0.4) is 0 Å². The Kier molecular flexibility index (Phi) is 11.5. The van der Waals surface area contributed by atoms with Gasteiger partial charge >= 0.3 is 18.3 Å². The molecule has 0 bridgehead atoms. The van der Waals surface area contributed by atoms with Crippen molar-refractivity contribution >= 4 is 38.6 Å². The second-order valence-corrected chi connectivity index (χ2v) is 7.97. The van der Waals surface area contributed by atoms with Gasteiger partial charge in [-0.2, -0.15) is 26.3 Å². The van der Waals surface area contributed by atoms with Crippen LogP contribution < -0.4 is 4.90 Å². The second-order valence-electron chi connectivity index (χ2n) is 7.05. The van der Waals surface area contributed by atoms with Crippen molar-refractivity contribution in [3.63, 3.8) is 0 Å². The van der Waals surface area contributed by atoms with Crippen LogP contribution in [0.5, 0.6) is 0 Å². The minimum atomic E-state index is -5.08. The lowest BCUT2D eigenvalue weighted by Gasteiger charge is -2.29. The van der Waals surface area contributed by atoms with E-state index in [0.717, 1.165) is 13.1 Å². The number of rotatable bonds is 9. The summed E-state index contributed by atoms with van der Waals surface area (Å²) in [6, 6.07) is 4.82. The number of carboxylic acids is 1. The Morgan fingerprint density at radius 1 is 1.03 bits per heavy atom. The van der Waals surface area contributed by atoms with E-state index in [1.807, 2.05) is 18.7 Å². The fourth-order valence-electron chi connectivity index (χ4n) is 2.83. The van der Waals surface area contributed by atoms with E-state index in [1.165, 1.54) is 4.90 Å². The van der Waals surface area contributed by atoms with Gasteiger partial charge in [0.05, 0.1) is 11.9 Å². The molecule has 0 unspecified atom stereocenters. The Labute approximate surface area is 204 Å². The molecule has 15 heteroatoms. The number of aromatic nitrogens is 2. The third-order valence-electron chi connectivity index (χ3n) is 4.64. The summed E-state index contributed by atoms with van der Waals surface area (Å²) >= 11 is 3.31. The van der Waals surface area contributed by atoms with Crippen LogP contribution in [0.2, 0.25) is 0 Å². The van der Waals surface area contributed by atoms with Crippen LogP contribution >= 0.6 is 15.9 Å². The van der Waals surface area contributed by atoms with Gasteiger partial charge in [0, 0.05) is 29.5 Å². The van der Waals surface area contributed by atoms with Gasteiger partial charge < -0.3 is 14.9 Å². The zero-order valence-electron chi connectivity index (χ0n) is 18.6. The minimum absolute atomic E-state index is 0.0954. The molecule has 0 aliphatic rings. The van der Waals surface area contributed by atoms with Crippen molar-refractivity contribution in [1.29, 1.82) is 0 Å². The number of hydrogen-bond donors (Lipinski definition) is 1. The first-order valence-corrected chi connectivity index (χ1v) is 11.0. The van der Waals surface area contributed by atoms with Crippen LogP contribution in [0.4, 0.5) is 40.9 Å². The average Bonchev–Trinajstić information content (AvgIpc) is 2.74. The molecule has 0 atom stereocenters. The second kappa shape index (κ2) is 13.1. The first kappa shape index (κ1) is 30.7. The zero-order valence-corrected chi connectivity index (χ0v) is 20.2. The maximum absolute atomic E-state index is 13.3. The summed E-state index contributed by atoms with van der Waals surface area (Å²) in [7, 11) is 0. The largest absolute Gasteiger partial charge is 0.490 e. The van der Waals surface area contributed by atoms with Crippen molar-refractivity contribution in [2.75, 3.05) is 37.6 Å². The van der Waals surface area contributed by atoms with E-state index in [2.05, 4.69) is 25.9 Å². The molecule has 2 rings (SSSR count). The van der Waals surface area contributed by atoms with Crippen LogP contribution in [-0.2, 0) is 4.79 Å². The molecule has 6 nitrogen and oxygen atoms in total. The highest BCUT2D eigenvalue weighted by atomic mass is 79.9. The van der Waals surface area contributed by atoms with Crippen molar-refractivity contribution in [3.05, 3.63) is 28.5 Å². The van der Waals surface area contributed by atoms with Crippen molar-refractivity contribution in [2.45, 2.75) is 39.0 Å². The highest BCUT2D eigenvalue weighted by Gasteiger charge is 2.38. The lowest BCUT2D eigenvalue weighted by molar-refractivity contribution is -0.192. The number of fused-ring (bicyclic) bond motifs is 1. The highest BCUT2D eigenvalue weighted by molar-refractivity contribution is 9.10. The van der Waals surface area contributed by atoms with E-state index >= 15 is 0 Å². The summed E-state index contributed by atoms with van der Waals surface area (Å²) in [6.45, 7) is 5.74. The van der Waals surface area contributed by atoms with E-state index in [0.29, 0.717) is 16.4 Å². The maximum Gasteiger partial charge on any atom is 0.490 e. The molecule has 198 valence electrons. The van der Waals surface area contributed by atoms with Crippen LogP contribution in [0.1, 0.15) is 32.5 Å². The maximum atomic E-state index is 13.3. The molecule has 2 aromatic rings. The topological polar surface area (TPSA) is 69.6 Å². The molecule has 0 saturated carbocycles. The Bertz CT molecular complexity index is 969. The third kappa shape index (κ3) is 10.5. The summed E-state index contributed by atoms with van der Waals surface area (Å²) in [6.07, 6.45) is -13.4. The monoisotopic (exact) mass is 582 g/mol. The minimum Gasteiger partial charge on any atom is -0.475 e. The number of nitrogens with zero attached hydrogens (tertiary/aromatic N) is 4. The predicted octanol–water partition coefficient (Wildman–Crippen LogP) is 6.06. The van der Waals surface area contributed by atoms with E-state index < -0.39 is 37.0 Å². The first-order chi connectivity index (χ1) is 16.1. The van der Waals surface area contributed by atoms with Gasteiger partial charge in [-0.05, 0) is 31.3 Å². The Morgan fingerprint density at radius 2 is 1.60 bits per heavy atom. The number of aliphatic carboxylic acids is 1. The van der Waals surface area contributed by atoms with Crippen molar-refractivity contribution in [3.8, 4) is 0 Å². The van der Waals surface area contributed by atoms with Crippen LogP contribution in [0.15, 0.2) is 22.7 Å². The standard InChI is InChI=1S/C18H22BrF5N4.C2HF3O2/c1-3-27(4-2)9-10-28(8-7-18(22,23)24)17-13-11-12(19)5-6-14(13)25-16(26-17)15(20)21;3-2(4,5)1(6)7/h5-6,11,15H,3-4,7-10H2,1-2H3;(H,6,7). The SMILES string of the molecule is CCN(CC)CCN(CCC(F)(F)F)c1nc(C(F)F)nc2ccc(Br)cc12.O=C(O)C(F)(F)F. The predicted molar refractivity (Wildman–Crippen MR) is 117 cm³/mol. The van der Waals surface area contributed by atoms with Gasteiger partial charge in [0.15, 0.2) is 5.82 Å². The summed E-state index contributed by atoms with van der Waals surface area (Å²) in [4.78, 5) is 20.2. The lowest BCUT2D eigenvalue weighted by atomic mass is 10.2. The van der Waals surface area contributed by atoms with Gasteiger partial charge in [-0.3, -0.25) is 0 Å². The van der Waals surface area contributed by atoms with Crippen LogP contribution in [-0.4, -0.2) is 71.0 Å². The quantitative estimate of drug-likeness (QED) is 0.362. The van der Waals surface area contributed by atoms with E-state index in [1.54, 1.807) is 18.2 Å². The number of benzene rings is 1. The number of anilines is 1. The summed E-state index contributed by atoms with van der Waals surface area (Å²) in [5, 5.41) is 7.56. The van der Waals surface area contributed by atoms with Gasteiger partial charge in [0.1, 0.15) is 5.82 Å². The molecule has 0 saturated heterocycles. The molecule has 1 aromatic heterocycles. The molecule has 1 aromatic carbocycles. The first-order valence-electron chi connectivity index (χ1n) is 10.2. The number of hydrogen-bond acceptors (Lipinski definition) is 5. The fourth-order valence-corrected chi connectivity index (χ4v) is 3.19. The van der Waals surface area contributed by atoms with Crippen LogP contribution in [0, 0.1) is 0 Å². The molecular weight excluding hydrogens is 560 g/mol. The summed E-state index contributed by atoms with van der Waals surface area (Å²) < 4.78 is 97.5. The fraction of sp³-hybridized carbons (Fsp3) is 0.550. The van der Waals surface area contributed by atoms with Crippen molar-refractivity contribution in [1.82, 2.24) is 14.9 Å². The number of carboxylic acid groups (broad SMARTS) is 1. The molecule has 1 N–H and O–H groups in total. The summed E-state index contributed by atoms with van der Waals surface area (Å²) in [5.41, 5.74) is 0.267. The van der Waals surface area contributed by atoms with Gasteiger partial charge in [0.25, 0.3) is 6.43 Å². The number of halogens is 9. The molecule has 0 amide bonds. The van der Waals surface area contributed by atoms with Crippen LogP contribution in [0.25, 0.3) is 10.9 Å². The molecule has 0 aliphatic carbocycles. The third-order valence-corrected chi connectivity index (χ3v) is 5.13. The number of likely N-dealkylation sites (N-methyl/N-ethyl adjacent to an activating group) is 1. The van der Waals surface area contributed by atoms with E-state index in [-0.39, 0.29) is 24.4 Å². The lowest BCUT2D eigenvalue weighted by Crippen LogP contribution is -2.37.